The summed E-state index contributed by atoms with van der Waals surface area (Å²) in [5, 5.41) is 3.71. The van der Waals surface area contributed by atoms with E-state index < -0.39 is 5.82 Å². The van der Waals surface area contributed by atoms with Gasteiger partial charge in [0.1, 0.15) is 11.6 Å². The number of ether oxygens (including phenoxy) is 1. The number of hydrogen-bond acceptors (Lipinski definition) is 2. The molecule has 0 fully saturated rings. The molecule has 0 spiro atoms. The van der Waals surface area contributed by atoms with Gasteiger partial charge in [0.15, 0.2) is 0 Å². The molecule has 106 valence electrons. The molecule has 0 aliphatic rings. The highest BCUT2D eigenvalue weighted by Crippen LogP contribution is 2.30. The molecule has 0 saturated carbocycles. The van der Waals surface area contributed by atoms with Crippen molar-refractivity contribution in [1.29, 1.82) is 0 Å². The van der Waals surface area contributed by atoms with E-state index in [4.69, 9.17) is 27.9 Å². The highest BCUT2D eigenvalue weighted by molar-refractivity contribution is 6.35. The van der Waals surface area contributed by atoms with Crippen molar-refractivity contribution in [3.63, 3.8) is 0 Å². The van der Waals surface area contributed by atoms with Crippen LogP contribution in [0.2, 0.25) is 10.0 Å². The van der Waals surface area contributed by atoms with E-state index in [0.717, 1.165) is 11.4 Å². The molecule has 0 bridgehead atoms. The largest absolute Gasteiger partial charge is 0.497 e. The number of nitrogens with one attached hydrogen (secondary N) is 1. The maximum absolute atomic E-state index is 13.5. The van der Waals surface area contributed by atoms with Crippen LogP contribution in [0.3, 0.4) is 0 Å². The molecular formula is C15H14Cl2FNO. The number of anilines is 1. The topological polar surface area (TPSA) is 21.3 Å². The molecule has 1 unspecified atom stereocenters. The minimum absolute atomic E-state index is 0.0235. The Morgan fingerprint density at radius 2 is 1.75 bits per heavy atom. The van der Waals surface area contributed by atoms with E-state index in [9.17, 15) is 4.39 Å². The molecule has 0 aliphatic carbocycles. The predicted octanol–water partition coefficient (Wildman–Crippen LogP) is 5.31. The van der Waals surface area contributed by atoms with Gasteiger partial charge in [-0.2, -0.15) is 0 Å². The zero-order chi connectivity index (χ0) is 14.7. The fourth-order valence-corrected chi connectivity index (χ4v) is 2.43. The maximum Gasteiger partial charge on any atom is 0.142 e. The normalized spacial score (nSPS) is 12.1. The molecule has 2 nitrogen and oxygen atoms in total. The van der Waals surface area contributed by atoms with Crippen LogP contribution in [0, 0.1) is 5.82 Å². The van der Waals surface area contributed by atoms with Gasteiger partial charge < -0.3 is 10.1 Å². The van der Waals surface area contributed by atoms with Gasteiger partial charge >= 0.3 is 0 Å². The lowest BCUT2D eigenvalue weighted by molar-refractivity contribution is 0.415. The Labute approximate surface area is 127 Å². The summed E-state index contributed by atoms with van der Waals surface area (Å²) in [6.45, 7) is 1.90. The van der Waals surface area contributed by atoms with Crippen LogP contribution in [0.1, 0.15) is 18.5 Å². The van der Waals surface area contributed by atoms with Crippen LogP contribution in [-0.4, -0.2) is 7.11 Å². The molecule has 1 atom stereocenters. The van der Waals surface area contributed by atoms with E-state index in [1.165, 1.54) is 12.1 Å². The molecule has 0 aliphatic heterocycles. The van der Waals surface area contributed by atoms with Crippen molar-refractivity contribution in [2.75, 3.05) is 12.4 Å². The highest BCUT2D eigenvalue weighted by atomic mass is 35.5. The number of rotatable bonds is 4. The smallest absolute Gasteiger partial charge is 0.142 e. The van der Waals surface area contributed by atoms with E-state index in [2.05, 4.69) is 5.32 Å². The second-order valence-electron chi connectivity index (χ2n) is 4.38. The van der Waals surface area contributed by atoms with Crippen molar-refractivity contribution < 1.29 is 9.13 Å². The Kier molecular flexibility index (Phi) is 4.73. The summed E-state index contributed by atoms with van der Waals surface area (Å²) in [7, 11) is 1.61. The van der Waals surface area contributed by atoms with Gasteiger partial charge in [-0.25, -0.2) is 4.39 Å². The molecule has 2 aromatic carbocycles. The highest BCUT2D eigenvalue weighted by Gasteiger charge is 2.13. The summed E-state index contributed by atoms with van der Waals surface area (Å²) in [5.41, 5.74) is 1.55. The minimum atomic E-state index is -0.477. The van der Waals surface area contributed by atoms with Crippen LogP contribution in [-0.2, 0) is 0 Å². The Morgan fingerprint density at radius 1 is 1.10 bits per heavy atom. The van der Waals surface area contributed by atoms with Crippen LogP contribution in [0.5, 0.6) is 5.75 Å². The molecule has 20 heavy (non-hydrogen) atoms. The van der Waals surface area contributed by atoms with E-state index >= 15 is 0 Å². The standard InChI is InChI=1S/C15H14Cl2FNO/c1-9(12-7-15(18)14(17)8-13(12)16)19-10-3-5-11(20-2)6-4-10/h3-9,19H,1-2H3. The van der Waals surface area contributed by atoms with Gasteiger partial charge in [-0.15, -0.1) is 0 Å². The Hall–Kier alpha value is -1.45. The van der Waals surface area contributed by atoms with Crippen molar-refractivity contribution in [1.82, 2.24) is 0 Å². The summed E-state index contributed by atoms with van der Waals surface area (Å²) >= 11 is 11.8. The number of benzene rings is 2. The summed E-state index contributed by atoms with van der Waals surface area (Å²) in [4.78, 5) is 0. The first kappa shape index (κ1) is 14.9. The molecule has 0 aromatic heterocycles. The second kappa shape index (κ2) is 6.33. The van der Waals surface area contributed by atoms with Crippen LogP contribution in [0.25, 0.3) is 0 Å². The monoisotopic (exact) mass is 313 g/mol. The van der Waals surface area contributed by atoms with Gasteiger partial charge in [0.05, 0.1) is 18.2 Å². The van der Waals surface area contributed by atoms with Crippen molar-refractivity contribution in [3.8, 4) is 5.75 Å². The molecule has 0 heterocycles. The number of hydrogen-bond donors (Lipinski definition) is 1. The average molecular weight is 314 g/mol. The second-order valence-corrected chi connectivity index (χ2v) is 5.20. The lowest BCUT2D eigenvalue weighted by Gasteiger charge is -2.17. The molecule has 1 N–H and O–H groups in total. The lowest BCUT2D eigenvalue weighted by Crippen LogP contribution is -2.07. The third-order valence-corrected chi connectivity index (χ3v) is 3.60. The van der Waals surface area contributed by atoms with Gasteiger partial charge in [-0.1, -0.05) is 23.2 Å². The van der Waals surface area contributed by atoms with E-state index in [0.29, 0.717) is 10.6 Å². The van der Waals surface area contributed by atoms with Crippen LogP contribution < -0.4 is 10.1 Å². The van der Waals surface area contributed by atoms with Gasteiger partial charge in [-0.3, -0.25) is 0 Å². The van der Waals surface area contributed by atoms with Crippen molar-refractivity contribution in [2.24, 2.45) is 0 Å². The predicted molar refractivity (Wildman–Crippen MR) is 81.5 cm³/mol. The fourth-order valence-electron chi connectivity index (χ4n) is 1.88. The van der Waals surface area contributed by atoms with Gasteiger partial charge in [0.25, 0.3) is 0 Å². The van der Waals surface area contributed by atoms with Crippen molar-refractivity contribution in [3.05, 3.63) is 57.8 Å². The zero-order valence-electron chi connectivity index (χ0n) is 11.1. The van der Waals surface area contributed by atoms with Gasteiger partial charge in [0, 0.05) is 10.7 Å². The minimum Gasteiger partial charge on any atom is -0.497 e. The first-order chi connectivity index (χ1) is 9.51. The van der Waals surface area contributed by atoms with Crippen molar-refractivity contribution in [2.45, 2.75) is 13.0 Å². The summed E-state index contributed by atoms with van der Waals surface area (Å²) in [5.74, 6) is 0.299. The molecular weight excluding hydrogens is 300 g/mol. The molecule has 5 heteroatoms. The van der Waals surface area contributed by atoms with Crippen LogP contribution in [0.15, 0.2) is 36.4 Å². The van der Waals surface area contributed by atoms with Crippen LogP contribution >= 0.6 is 23.2 Å². The molecule has 0 radical (unpaired) electrons. The van der Waals surface area contributed by atoms with E-state index in [-0.39, 0.29) is 11.1 Å². The van der Waals surface area contributed by atoms with E-state index in [1.807, 2.05) is 31.2 Å². The van der Waals surface area contributed by atoms with Gasteiger partial charge in [0.2, 0.25) is 0 Å². The molecule has 2 rings (SSSR count). The third-order valence-electron chi connectivity index (χ3n) is 2.98. The number of methoxy groups -OCH3 is 1. The van der Waals surface area contributed by atoms with Gasteiger partial charge in [-0.05, 0) is 48.9 Å². The molecule has 0 saturated heterocycles. The Morgan fingerprint density at radius 3 is 2.35 bits per heavy atom. The Bertz CT molecular complexity index is 602. The molecule has 0 amide bonds. The fraction of sp³-hybridized carbons (Fsp3) is 0.200. The van der Waals surface area contributed by atoms with E-state index in [1.54, 1.807) is 7.11 Å². The first-order valence-electron chi connectivity index (χ1n) is 6.06. The Balaban J connectivity index is 2.18. The number of halogens is 3. The summed E-state index contributed by atoms with van der Waals surface area (Å²) < 4.78 is 18.6. The lowest BCUT2D eigenvalue weighted by atomic mass is 10.1. The summed E-state index contributed by atoms with van der Waals surface area (Å²) in [6.07, 6.45) is 0. The van der Waals surface area contributed by atoms with Crippen LogP contribution in [0.4, 0.5) is 10.1 Å². The maximum atomic E-state index is 13.5. The summed E-state index contributed by atoms with van der Waals surface area (Å²) in [6, 6.07) is 10.1. The third kappa shape index (κ3) is 3.35. The first-order valence-corrected chi connectivity index (χ1v) is 6.82. The SMILES string of the molecule is COc1ccc(NC(C)c2cc(F)c(Cl)cc2Cl)cc1. The quantitative estimate of drug-likeness (QED) is 0.772. The van der Waals surface area contributed by atoms with Crippen molar-refractivity contribution >= 4 is 28.9 Å². The average Bonchev–Trinajstić information content (AvgIpc) is 2.43. The zero-order valence-corrected chi connectivity index (χ0v) is 12.6. The molecule has 2 aromatic rings.